The molecule has 6 heteroatoms. The summed E-state index contributed by atoms with van der Waals surface area (Å²) in [4.78, 5) is 21.9. The highest BCUT2D eigenvalue weighted by atomic mass is 32.1. The Bertz CT molecular complexity index is 598. The van der Waals surface area contributed by atoms with E-state index in [1.54, 1.807) is 5.51 Å². The predicted molar refractivity (Wildman–Crippen MR) is 73.1 cm³/mol. The first-order chi connectivity index (χ1) is 8.66. The van der Waals surface area contributed by atoms with Crippen LogP contribution >= 0.6 is 22.7 Å². The van der Waals surface area contributed by atoms with Crippen molar-refractivity contribution in [1.29, 1.82) is 0 Å². The van der Waals surface area contributed by atoms with Crippen LogP contribution in [0.4, 0.5) is 0 Å². The Kier molecular flexibility index (Phi) is 2.91. The van der Waals surface area contributed by atoms with Crippen molar-refractivity contribution in [2.45, 2.75) is 32.1 Å². The Morgan fingerprint density at radius 2 is 2.28 bits per heavy atom. The van der Waals surface area contributed by atoms with E-state index in [0.717, 1.165) is 21.3 Å². The summed E-state index contributed by atoms with van der Waals surface area (Å²) in [5.74, 6) is 0.135. The summed E-state index contributed by atoms with van der Waals surface area (Å²) < 4.78 is 0. The number of hydrogen-bond donors (Lipinski definition) is 1. The van der Waals surface area contributed by atoms with Crippen molar-refractivity contribution in [3.05, 3.63) is 21.1 Å². The molecule has 94 valence electrons. The molecular weight excluding hydrogens is 266 g/mol. The molecule has 2 aromatic heterocycles. The van der Waals surface area contributed by atoms with E-state index in [0.29, 0.717) is 10.8 Å². The van der Waals surface area contributed by atoms with E-state index < -0.39 is 0 Å². The summed E-state index contributed by atoms with van der Waals surface area (Å²) in [6.07, 6.45) is 3.60. The number of primary amides is 1. The molecule has 0 aromatic carbocycles. The SMILES string of the molecule is Cc1ncsc1-c1nc(C2CCC2)sc1C(N)=O. The van der Waals surface area contributed by atoms with Crippen LogP contribution in [0.15, 0.2) is 5.51 Å². The maximum Gasteiger partial charge on any atom is 0.261 e. The number of aromatic nitrogens is 2. The van der Waals surface area contributed by atoms with Crippen molar-refractivity contribution in [2.75, 3.05) is 0 Å². The maximum atomic E-state index is 11.5. The van der Waals surface area contributed by atoms with Crippen LogP contribution in [0, 0.1) is 6.92 Å². The molecule has 1 aliphatic carbocycles. The van der Waals surface area contributed by atoms with Crippen LogP contribution < -0.4 is 5.73 Å². The highest BCUT2D eigenvalue weighted by Gasteiger charge is 2.27. The number of hydrogen-bond acceptors (Lipinski definition) is 5. The number of carbonyl (C=O) groups is 1. The number of aryl methyl sites for hydroxylation is 1. The molecule has 2 N–H and O–H groups in total. The molecular formula is C12H13N3OS2. The summed E-state index contributed by atoms with van der Waals surface area (Å²) in [7, 11) is 0. The first-order valence-corrected chi connectivity index (χ1v) is 7.57. The van der Waals surface area contributed by atoms with Crippen molar-refractivity contribution in [1.82, 2.24) is 9.97 Å². The van der Waals surface area contributed by atoms with Gasteiger partial charge in [0.1, 0.15) is 10.6 Å². The normalized spacial score (nSPS) is 15.6. The zero-order valence-electron chi connectivity index (χ0n) is 9.97. The van der Waals surface area contributed by atoms with Gasteiger partial charge in [0, 0.05) is 5.92 Å². The van der Waals surface area contributed by atoms with Gasteiger partial charge in [-0.25, -0.2) is 9.97 Å². The van der Waals surface area contributed by atoms with Crippen molar-refractivity contribution in [3.8, 4) is 10.6 Å². The summed E-state index contributed by atoms with van der Waals surface area (Å²) in [5.41, 5.74) is 8.88. The van der Waals surface area contributed by atoms with Crippen LogP contribution in [-0.2, 0) is 0 Å². The number of amides is 1. The van der Waals surface area contributed by atoms with E-state index in [1.807, 2.05) is 6.92 Å². The zero-order chi connectivity index (χ0) is 12.7. The average Bonchev–Trinajstić information content (AvgIpc) is 2.81. The standard InChI is InChI=1S/C12H13N3OS2/c1-6-9(17-5-14-6)8-10(11(13)16)18-12(15-8)7-3-2-4-7/h5,7H,2-4H2,1H3,(H2,13,16). The molecule has 0 atom stereocenters. The summed E-state index contributed by atoms with van der Waals surface area (Å²) in [6.45, 7) is 1.93. The fourth-order valence-corrected chi connectivity index (χ4v) is 3.97. The van der Waals surface area contributed by atoms with E-state index in [4.69, 9.17) is 5.73 Å². The highest BCUT2D eigenvalue weighted by molar-refractivity contribution is 7.16. The first-order valence-electron chi connectivity index (χ1n) is 5.88. The monoisotopic (exact) mass is 279 g/mol. The quantitative estimate of drug-likeness (QED) is 0.939. The maximum absolute atomic E-state index is 11.5. The van der Waals surface area contributed by atoms with Gasteiger partial charge >= 0.3 is 0 Å². The molecule has 0 bridgehead atoms. The van der Waals surface area contributed by atoms with E-state index >= 15 is 0 Å². The van der Waals surface area contributed by atoms with Gasteiger partial charge in [0.15, 0.2) is 0 Å². The average molecular weight is 279 g/mol. The second-order valence-corrected chi connectivity index (χ2v) is 6.37. The number of thiazole rings is 2. The molecule has 2 aromatic rings. The van der Waals surface area contributed by atoms with Gasteiger partial charge < -0.3 is 5.73 Å². The lowest BCUT2D eigenvalue weighted by Crippen LogP contribution is -2.10. The lowest BCUT2D eigenvalue weighted by atomic mass is 9.86. The minimum absolute atomic E-state index is 0.388. The summed E-state index contributed by atoms with van der Waals surface area (Å²) in [6, 6.07) is 0. The molecule has 0 unspecified atom stereocenters. The van der Waals surface area contributed by atoms with Crippen molar-refractivity contribution in [3.63, 3.8) is 0 Å². The third-order valence-corrected chi connectivity index (χ3v) is 5.45. The first kappa shape index (κ1) is 11.8. The minimum atomic E-state index is -0.388. The van der Waals surface area contributed by atoms with E-state index in [1.165, 1.54) is 41.9 Å². The van der Waals surface area contributed by atoms with Crippen LogP contribution in [0.25, 0.3) is 10.6 Å². The van der Waals surface area contributed by atoms with E-state index in [-0.39, 0.29) is 5.91 Å². The molecule has 1 saturated carbocycles. The number of nitrogens with zero attached hydrogens (tertiary/aromatic N) is 2. The Morgan fingerprint density at radius 1 is 1.50 bits per heavy atom. The van der Waals surface area contributed by atoms with Crippen molar-refractivity contribution < 1.29 is 4.79 Å². The third kappa shape index (κ3) is 1.85. The third-order valence-electron chi connectivity index (χ3n) is 3.28. The molecule has 3 rings (SSSR count). The van der Waals surface area contributed by atoms with Gasteiger partial charge in [0.25, 0.3) is 5.91 Å². The summed E-state index contributed by atoms with van der Waals surface area (Å²) in [5, 5.41) is 1.05. The molecule has 0 aliphatic heterocycles. The second kappa shape index (κ2) is 4.44. The Balaban J connectivity index is 2.09. The van der Waals surface area contributed by atoms with Crippen LogP contribution in [0.3, 0.4) is 0 Å². The molecule has 1 aliphatic rings. The van der Waals surface area contributed by atoms with E-state index in [9.17, 15) is 4.79 Å². The molecule has 0 radical (unpaired) electrons. The molecule has 1 amide bonds. The minimum Gasteiger partial charge on any atom is -0.365 e. The topological polar surface area (TPSA) is 68.9 Å². The zero-order valence-corrected chi connectivity index (χ0v) is 11.6. The smallest absolute Gasteiger partial charge is 0.261 e. The lowest BCUT2D eigenvalue weighted by Gasteiger charge is -2.22. The largest absolute Gasteiger partial charge is 0.365 e. The number of carbonyl (C=O) groups excluding carboxylic acids is 1. The number of nitrogens with two attached hydrogens (primary N) is 1. The molecule has 0 saturated heterocycles. The Morgan fingerprint density at radius 3 is 2.78 bits per heavy atom. The van der Waals surface area contributed by atoms with Crippen LogP contribution in [-0.4, -0.2) is 15.9 Å². The van der Waals surface area contributed by atoms with Gasteiger partial charge in [-0.2, -0.15) is 0 Å². The number of rotatable bonds is 3. The van der Waals surface area contributed by atoms with Gasteiger partial charge in [0.2, 0.25) is 0 Å². The Labute approximate surface area is 113 Å². The van der Waals surface area contributed by atoms with Crippen LogP contribution in [0.2, 0.25) is 0 Å². The van der Waals surface area contributed by atoms with Gasteiger partial charge in [0.05, 0.1) is 21.1 Å². The highest BCUT2D eigenvalue weighted by Crippen LogP contribution is 2.42. The summed E-state index contributed by atoms with van der Waals surface area (Å²) >= 11 is 2.96. The van der Waals surface area contributed by atoms with Gasteiger partial charge in [-0.05, 0) is 19.8 Å². The lowest BCUT2D eigenvalue weighted by molar-refractivity contribution is 0.100. The molecule has 1 fully saturated rings. The molecule has 18 heavy (non-hydrogen) atoms. The fourth-order valence-electron chi connectivity index (χ4n) is 2.02. The van der Waals surface area contributed by atoms with Crippen LogP contribution in [0.1, 0.15) is 45.6 Å². The molecule has 4 nitrogen and oxygen atoms in total. The molecule has 0 spiro atoms. The molecule has 2 heterocycles. The fraction of sp³-hybridized carbons (Fsp3) is 0.417. The predicted octanol–water partition coefficient (Wildman–Crippen LogP) is 2.94. The van der Waals surface area contributed by atoms with Crippen LogP contribution in [0.5, 0.6) is 0 Å². The van der Waals surface area contributed by atoms with Gasteiger partial charge in [-0.15, -0.1) is 22.7 Å². The Hall–Kier alpha value is -1.27. The van der Waals surface area contributed by atoms with Crippen molar-refractivity contribution in [2.24, 2.45) is 5.73 Å². The van der Waals surface area contributed by atoms with Gasteiger partial charge in [-0.3, -0.25) is 4.79 Å². The van der Waals surface area contributed by atoms with Crippen molar-refractivity contribution >= 4 is 28.6 Å². The van der Waals surface area contributed by atoms with E-state index in [2.05, 4.69) is 9.97 Å². The second-order valence-electron chi connectivity index (χ2n) is 4.49. The van der Waals surface area contributed by atoms with Gasteiger partial charge in [-0.1, -0.05) is 6.42 Å².